The van der Waals surface area contributed by atoms with E-state index in [1.165, 1.54) is 11.8 Å². The van der Waals surface area contributed by atoms with E-state index >= 15 is 0 Å². The SMILES string of the molecule is N#Cc1ccccc1Sc1ccccc1C(=O)NCCN1CCN(c2ncccn2)CC1. The van der Waals surface area contributed by atoms with Crippen molar-refractivity contribution in [2.45, 2.75) is 9.79 Å². The number of anilines is 1. The summed E-state index contributed by atoms with van der Waals surface area (Å²) in [4.78, 5) is 27.7. The fraction of sp³-hybridized carbons (Fsp3) is 0.250. The minimum atomic E-state index is -0.0983. The number of hydrogen-bond acceptors (Lipinski definition) is 7. The maximum absolute atomic E-state index is 12.9. The number of carbonyl (C=O) groups is 1. The molecule has 2 heterocycles. The second-order valence-corrected chi connectivity index (χ2v) is 8.42. The summed E-state index contributed by atoms with van der Waals surface area (Å²) in [7, 11) is 0. The monoisotopic (exact) mass is 444 g/mol. The average molecular weight is 445 g/mol. The molecule has 1 saturated heterocycles. The number of amides is 1. The molecule has 4 rings (SSSR count). The number of aromatic nitrogens is 2. The second kappa shape index (κ2) is 10.8. The summed E-state index contributed by atoms with van der Waals surface area (Å²) >= 11 is 1.44. The van der Waals surface area contributed by atoms with E-state index in [2.05, 4.69) is 31.2 Å². The Balaban J connectivity index is 1.29. The first-order valence-corrected chi connectivity index (χ1v) is 11.3. The first-order valence-electron chi connectivity index (χ1n) is 10.5. The third kappa shape index (κ3) is 5.44. The van der Waals surface area contributed by atoms with Crippen molar-refractivity contribution in [3.8, 4) is 6.07 Å². The van der Waals surface area contributed by atoms with Gasteiger partial charge in [0.2, 0.25) is 5.95 Å². The van der Waals surface area contributed by atoms with Crippen LogP contribution in [-0.2, 0) is 0 Å². The van der Waals surface area contributed by atoms with Gasteiger partial charge >= 0.3 is 0 Å². The van der Waals surface area contributed by atoms with Crippen molar-refractivity contribution in [3.05, 3.63) is 78.1 Å². The topological polar surface area (TPSA) is 85.2 Å². The fourth-order valence-electron chi connectivity index (χ4n) is 3.56. The number of nitrogens with one attached hydrogen (secondary N) is 1. The van der Waals surface area contributed by atoms with Gasteiger partial charge in [0, 0.05) is 61.5 Å². The van der Waals surface area contributed by atoms with Gasteiger partial charge in [-0.3, -0.25) is 9.69 Å². The highest BCUT2D eigenvalue weighted by Crippen LogP contribution is 2.32. The predicted molar refractivity (Wildman–Crippen MR) is 125 cm³/mol. The van der Waals surface area contributed by atoms with E-state index in [0.29, 0.717) is 17.7 Å². The third-order valence-electron chi connectivity index (χ3n) is 5.28. The summed E-state index contributed by atoms with van der Waals surface area (Å²) < 4.78 is 0. The normalized spacial score (nSPS) is 14.0. The van der Waals surface area contributed by atoms with Crippen LogP contribution in [0.15, 0.2) is 76.8 Å². The lowest BCUT2D eigenvalue weighted by atomic mass is 10.2. The number of nitrogens with zero attached hydrogens (tertiary/aromatic N) is 5. The Morgan fingerprint density at radius 3 is 2.41 bits per heavy atom. The molecular formula is C24H24N6OS. The molecular weight excluding hydrogens is 420 g/mol. The molecule has 0 bridgehead atoms. The summed E-state index contributed by atoms with van der Waals surface area (Å²) in [5, 5.41) is 12.4. The largest absolute Gasteiger partial charge is 0.351 e. The van der Waals surface area contributed by atoms with E-state index in [1.807, 2.05) is 48.5 Å². The lowest BCUT2D eigenvalue weighted by Crippen LogP contribution is -2.49. The second-order valence-electron chi connectivity index (χ2n) is 7.34. The number of carbonyl (C=O) groups excluding carboxylic acids is 1. The van der Waals surface area contributed by atoms with Crippen molar-refractivity contribution in [3.63, 3.8) is 0 Å². The standard InChI is InChI=1S/C24H24N6OS/c25-18-19-6-1-3-8-21(19)32-22-9-4-2-7-20(22)23(31)26-12-13-29-14-16-30(17-15-29)24-27-10-5-11-28-24/h1-11H,12-17H2,(H,26,31). The molecule has 3 aromatic rings. The van der Waals surface area contributed by atoms with E-state index in [-0.39, 0.29) is 5.91 Å². The summed E-state index contributed by atoms with van der Waals surface area (Å²) in [5.41, 5.74) is 1.23. The smallest absolute Gasteiger partial charge is 0.252 e. The van der Waals surface area contributed by atoms with Gasteiger partial charge in [0.25, 0.3) is 5.91 Å². The van der Waals surface area contributed by atoms with Crippen molar-refractivity contribution in [1.29, 1.82) is 5.26 Å². The van der Waals surface area contributed by atoms with Crippen LogP contribution in [0.5, 0.6) is 0 Å². The lowest BCUT2D eigenvalue weighted by molar-refractivity contribution is 0.0945. The molecule has 0 unspecified atom stereocenters. The average Bonchev–Trinajstić information content (AvgIpc) is 2.85. The van der Waals surface area contributed by atoms with Gasteiger partial charge in [-0.1, -0.05) is 36.0 Å². The maximum atomic E-state index is 12.9. The van der Waals surface area contributed by atoms with Crippen LogP contribution in [0.2, 0.25) is 0 Å². The van der Waals surface area contributed by atoms with Crippen LogP contribution >= 0.6 is 11.8 Å². The highest BCUT2D eigenvalue weighted by molar-refractivity contribution is 7.99. The van der Waals surface area contributed by atoms with Crippen molar-refractivity contribution < 1.29 is 4.79 Å². The number of hydrogen-bond donors (Lipinski definition) is 1. The number of nitriles is 1. The van der Waals surface area contributed by atoms with Gasteiger partial charge < -0.3 is 10.2 Å². The van der Waals surface area contributed by atoms with Gasteiger partial charge in [-0.25, -0.2) is 9.97 Å². The summed E-state index contributed by atoms with van der Waals surface area (Å²) in [5.74, 6) is 0.673. The Morgan fingerprint density at radius 2 is 1.66 bits per heavy atom. The van der Waals surface area contributed by atoms with Crippen LogP contribution in [0.1, 0.15) is 15.9 Å². The molecule has 1 aliphatic heterocycles. The molecule has 1 aromatic heterocycles. The van der Waals surface area contributed by atoms with Gasteiger partial charge in [0.05, 0.1) is 11.1 Å². The van der Waals surface area contributed by atoms with Crippen LogP contribution in [-0.4, -0.2) is 60.0 Å². The molecule has 0 radical (unpaired) electrons. The van der Waals surface area contributed by atoms with Gasteiger partial charge in [-0.2, -0.15) is 5.26 Å². The Labute approximate surface area is 192 Å². The first-order chi connectivity index (χ1) is 15.7. The Morgan fingerprint density at radius 1 is 0.969 bits per heavy atom. The van der Waals surface area contributed by atoms with Crippen LogP contribution in [0, 0.1) is 11.3 Å². The minimum Gasteiger partial charge on any atom is -0.351 e. The lowest BCUT2D eigenvalue weighted by Gasteiger charge is -2.34. The molecule has 0 aliphatic carbocycles. The highest BCUT2D eigenvalue weighted by atomic mass is 32.2. The Kier molecular flexibility index (Phi) is 7.33. The zero-order valence-electron chi connectivity index (χ0n) is 17.6. The molecule has 1 aliphatic rings. The number of rotatable bonds is 7. The summed E-state index contributed by atoms with van der Waals surface area (Å²) in [6.45, 7) is 4.93. The van der Waals surface area contributed by atoms with E-state index in [9.17, 15) is 10.1 Å². The maximum Gasteiger partial charge on any atom is 0.252 e. The van der Waals surface area contributed by atoms with E-state index in [4.69, 9.17) is 0 Å². The van der Waals surface area contributed by atoms with Gasteiger partial charge in [-0.15, -0.1) is 0 Å². The number of piperazine rings is 1. The molecule has 0 spiro atoms. The van der Waals surface area contributed by atoms with Crippen LogP contribution < -0.4 is 10.2 Å². The van der Waals surface area contributed by atoms with Crippen LogP contribution in [0.25, 0.3) is 0 Å². The molecule has 8 heteroatoms. The van der Waals surface area contributed by atoms with Crippen LogP contribution in [0.3, 0.4) is 0 Å². The molecule has 0 saturated carbocycles. The van der Waals surface area contributed by atoms with Crippen LogP contribution in [0.4, 0.5) is 5.95 Å². The Hall–Kier alpha value is -3.41. The van der Waals surface area contributed by atoms with Gasteiger partial charge in [-0.05, 0) is 30.3 Å². The third-order valence-corrected chi connectivity index (χ3v) is 6.43. The molecule has 1 amide bonds. The zero-order chi connectivity index (χ0) is 22.2. The summed E-state index contributed by atoms with van der Waals surface area (Å²) in [6.07, 6.45) is 3.53. The fourth-order valence-corrected chi connectivity index (χ4v) is 4.58. The molecule has 1 N–H and O–H groups in total. The minimum absolute atomic E-state index is 0.0983. The van der Waals surface area contributed by atoms with Crippen molar-refractivity contribution in [2.75, 3.05) is 44.2 Å². The van der Waals surface area contributed by atoms with E-state index in [0.717, 1.165) is 48.5 Å². The van der Waals surface area contributed by atoms with Crippen molar-refractivity contribution >= 4 is 23.6 Å². The van der Waals surface area contributed by atoms with Gasteiger partial charge in [0.1, 0.15) is 6.07 Å². The quantitative estimate of drug-likeness (QED) is 0.599. The van der Waals surface area contributed by atoms with Gasteiger partial charge in [0.15, 0.2) is 0 Å². The highest BCUT2D eigenvalue weighted by Gasteiger charge is 2.19. The molecule has 7 nitrogen and oxygen atoms in total. The molecule has 162 valence electrons. The van der Waals surface area contributed by atoms with Crippen molar-refractivity contribution in [2.24, 2.45) is 0 Å². The molecule has 1 fully saturated rings. The van der Waals surface area contributed by atoms with E-state index in [1.54, 1.807) is 18.5 Å². The van der Waals surface area contributed by atoms with Crippen molar-refractivity contribution in [1.82, 2.24) is 20.2 Å². The summed E-state index contributed by atoms with van der Waals surface area (Å²) in [6, 6.07) is 19.0. The number of benzene rings is 2. The molecule has 0 atom stereocenters. The Bertz CT molecular complexity index is 1090. The predicted octanol–water partition coefficient (Wildman–Crippen LogP) is 3.05. The molecule has 32 heavy (non-hydrogen) atoms. The van der Waals surface area contributed by atoms with E-state index < -0.39 is 0 Å². The first kappa shape index (κ1) is 21.8. The molecule has 2 aromatic carbocycles. The zero-order valence-corrected chi connectivity index (χ0v) is 18.5.